The van der Waals surface area contributed by atoms with E-state index in [9.17, 15) is 9.59 Å². The van der Waals surface area contributed by atoms with Crippen LogP contribution in [0.15, 0.2) is 34.5 Å². The first kappa shape index (κ1) is 20.3. The van der Waals surface area contributed by atoms with E-state index >= 15 is 0 Å². The lowest BCUT2D eigenvalue weighted by Gasteiger charge is -2.33. The molecule has 0 spiro atoms. The summed E-state index contributed by atoms with van der Waals surface area (Å²) in [7, 11) is 3.10. The Balaban J connectivity index is 2.16. The quantitative estimate of drug-likeness (QED) is 0.701. The van der Waals surface area contributed by atoms with Gasteiger partial charge in [0.15, 0.2) is 16.7 Å². The van der Waals surface area contributed by atoms with E-state index in [2.05, 4.69) is 4.99 Å². The van der Waals surface area contributed by atoms with Gasteiger partial charge >= 0.3 is 5.97 Å². The van der Waals surface area contributed by atoms with Crippen LogP contribution in [0, 0.1) is 0 Å². The Morgan fingerprint density at radius 2 is 1.89 bits per heavy atom. The van der Waals surface area contributed by atoms with Crippen LogP contribution < -0.4 is 9.47 Å². The Labute approximate surface area is 168 Å². The summed E-state index contributed by atoms with van der Waals surface area (Å²) in [6, 6.07) is 4.73. The Hall–Kier alpha value is -2.48. The fraction of sp³-hybridized carbons (Fsp3) is 0.450. The molecule has 2 atom stereocenters. The molecule has 0 bridgehead atoms. The summed E-state index contributed by atoms with van der Waals surface area (Å²) in [5.41, 5.74) is 1.63. The second-order valence-electron chi connectivity index (χ2n) is 6.83. The van der Waals surface area contributed by atoms with E-state index in [0.717, 1.165) is 5.56 Å². The highest BCUT2D eigenvalue weighted by Crippen LogP contribution is 2.44. The van der Waals surface area contributed by atoms with Crippen LogP contribution in [0.1, 0.15) is 39.3 Å². The Kier molecular flexibility index (Phi) is 5.69. The molecule has 1 aromatic carbocycles. The number of benzene rings is 1. The molecule has 0 aliphatic carbocycles. The van der Waals surface area contributed by atoms with Crippen LogP contribution in [-0.2, 0) is 14.3 Å². The zero-order valence-electron chi connectivity index (χ0n) is 16.8. The number of amidine groups is 1. The average Bonchev–Trinajstić information content (AvgIpc) is 2.92. The number of rotatable bonds is 5. The number of carbonyl (C=O) groups is 2. The molecule has 1 amide bonds. The Bertz CT molecular complexity index is 877. The maximum absolute atomic E-state index is 12.9. The molecule has 7 nitrogen and oxygen atoms in total. The molecule has 1 fully saturated rings. The van der Waals surface area contributed by atoms with Crippen LogP contribution in [0.2, 0.25) is 0 Å². The SMILES string of the molecule is COc1ccc(C2C(C(=O)OC(C)C)=C(C)N=C3SC(C)C(=O)N32)cc1OC. The van der Waals surface area contributed by atoms with Gasteiger partial charge in [-0.15, -0.1) is 0 Å². The van der Waals surface area contributed by atoms with E-state index in [1.54, 1.807) is 52.0 Å². The van der Waals surface area contributed by atoms with Gasteiger partial charge in [0.25, 0.3) is 0 Å². The summed E-state index contributed by atoms with van der Waals surface area (Å²) < 4.78 is 16.2. The molecule has 2 heterocycles. The minimum absolute atomic E-state index is 0.0918. The van der Waals surface area contributed by atoms with E-state index in [1.807, 2.05) is 13.0 Å². The number of aliphatic imine (C=N–C) groups is 1. The zero-order valence-corrected chi connectivity index (χ0v) is 17.6. The number of esters is 1. The fourth-order valence-electron chi connectivity index (χ4n) is 3.28. The minimum Gasteiger partial charge on any atom is -0.493 e. The van der Waals surface area contributed by atoms with Crippen molar-refractivity contribution in [2.45, 2.75) is 45.1 Å². The number of ether oxygens (including phenoxy) is 3. The van der Waals surface area contributed by atoms with Crippen LogP contribution in [0.5, 0.6) is 11.5 Å². The monoisotopic (exact) mass is 404 g/mol. The number of nitrogens with zero attached hydrogens (tertiary/aromatic N) is 2. The van der Waals surface area contributed by atoms with Gasteiger partial charge < -0.3 is 14.2 Å². The molecule has 0 aromatic heterocycles. The van der Waals surface area contributed by atoms with Crippen LogP contribution in [0.3, 0.4) is 0 Å². The minimum atomic E-state index is -0.636. The lowest BCUT2D eigenvalue weighted by molar-refractivity contribution is -0.143. The first-order valence-corrected chi connectivity index (χ1v) is 9.88. The summed E-state index contributed by atoms with van der Waals surface area (Å²) in [6.45, 7) is 7.18. The number of carbonyl (C=O) groups excluding carboxylic acids is 2. The molecule has 0 saturated carbocycles. The van der Waals surface area contributed by atoms with Crippen molar-refractivity contribution >= 4 is 28.8 Å². The summed E-state index contributed by atoms with van der Waals surface area (Å²) in [5.74, 6) is 0.516. The number of allylic oxidation sites excluding steroid dienone is 1. The number of methoxy groups -OCH3 is 2. The standard InChI is InChI=1S/C20H24N2O5S/c1-10(2)27-19(24)16-11(3)21-20-22(18(23)12(4)28-20)17(16)13-7-8-14(25-5)15(9-13)26-6/h7-10,12,17H,1-6H3. The smallest absolute Gasteiger partial charge is 0.338 e. The molecule has 0 radical (unpaired) electrons. The molecule has 2 aliphatic heterocycles. The van der Waals surface area contributed by atoms with E-state index in [0.29, 0.717) is 27.9 Å². The third-order valence-electron chi connectivity index (χ3n) is 4.54. The topological polar surface area (TPSA) is 77.4 Å². The lowest BCUT2D eigenvalue weighted by Crippen LogP contribution is -2.40. The van der Waals surface area contributed by atoms with Gasteiger partial charge in [-0.25, -0.2) is 9.79 Å². The van der Waals surface area contributed by atoms with Crippen molar-refractivity contribution in [3.8, 4) is 11.5 Å². The normalized spacial score (nSPS) is 21.6. The van der Waals surface area contributed by atoms with Gasteiger partial charge in [0, 0.05) is 0 Å². The van der Waals surface area contributed by atoms with E-state index < -0.39 is 12.0 Å². The van der Waals surface area contributed by atoms with Crippen LogP contribution in [0.4, 0.5) is 0 Å². The largest absolute Gasteiger partial charge is 0.493 e. The third-order valence-corrected chi connectivity index (χ3v) is 5.60. The average molecular weight is 404 g/mol. The fourth-order valence-corrected chi connectivity index (χ4v) is 4.31. The number of thioether (sulfide) groups is 1. The van der Waals surface area contributed by atoms with Gasteiger partial charge in [-0.05, 0) is 45.4 Å². The molecule has 8 heteroatoms. The molecular weight excluding hydrogens is 380 g/mol. The Morgan fingerprint density at radius 1 is 1.21 bits per heavy atom. The molecule has 28 heavy (non-hydrogen) atoms. The molecule has 2 unspecified atom stereocenters. The van der Waals surface area contributed by atoms with Gasteiger partial charge in [-0.1, -0.05) is 17.8 Å². The van der Waals surface area contributed by atoms with E-state index in [-0.39, 0.29) is 17.3 Å². The second kappa shape index (κ2) is 7.87. The van der Waals surface area contributed by atoms with Crippen molar-refractivity contribution in [2.24, 2.45) is 4.99 Å². The molecule has 2 aliphatic rings. The number of fused-ring (bicyclic) bond motifs is 1. The van der Waals surface area contributed by atoms with Crippen molar-refractivity contribution in [3.05, 3.63) is 35.0 Å². The predicted octanol–water partition coefficient (Wildman–Crippen LogP) is 3.30. The highest BCUT2D eigenvalue weighted by molar-refractivity contribution is 8.15. The molecule has 1 saturated heterocycles. The molecular formula is C20H24N2O5S. The van der Waals surface area contributed by atoms with Crippen molar-refractivity contribution in [1.82, 2.24) is 4.90 Å². The summed E-state index contributed by atoms with van der Waals surface area (Å²) >= 11 is 1.39. The van der Waals surface area contributed by atoms with Gasteiger partial charge in [0.1, 0.15) is 0 Å². The molecule has 150 valence electrons. The van der Waals surface area contributed by atoms with Crippen LogP contribution in [0.25, 0.3) is 0 Å². The van der Waals surface area contributed by atoms with Crippen LogP contribution >= 0.6 is 11.8 Å². The Morgan fingerprint density at radius 3 is 2.50 bits per heavy atom. The van der Waals surface area contributed by atoms with Crippen molar-refractivity contribution in [3.63, 3.8) is 0 Å². The van der Waals surface area contributed by atoms with Gasteiger partial charge in [-0.3, -0.25) is 9.69 Å². The predicted molar refractivity (Wildman–Crippen MR) is 108 cm³/mol. The van der Waals surface area contributed by atoms with Gasteiger partial charge in [0.2, 0.25) is 5.91 Å². The summed E-state index contributed by atoms with van der Waals surface area (Å²) in [5, 5.41) is 0.325. The van der Waals surface area contributed by atoms with Crippen LogP contribution in [-0.4, -0.2) is 47.5 Å². The van der Waals surface area contributed by atoms with Crippen molar-refractivity contribution in [1.29, 1.82) is 0 Å². The molecule has 0 N–H and O–H groups in total. The van der Waals surface area contributed by atoms with Crippen molar-refractivity contribution in [2.75, 3.05) is 14.2 Å². The lowest BCUT2D eigenvalue weighted by atomic mass is 9.94. The second-order valence-corrected chi connectivity index (χ2v) is 8.14. The van der Waals surface area contributed by atoms with Gasteiger partial charge in [0.05, 0.1) is 42.9 Å². The van der Waals surface area contributed by atoms with Crippen molar-refractivity contribution < 1.29 is 23.8 Å². The summed E-state index contributed by atoms with van der Waals surface area (Å²) in [6.07, 6.45) is -0.285. The van der Waals surface area contributed by atoms with E-state index in [4.69, 9.17) is 14.2 Å². The molecule has 3 rings (SSSR count). The first-order chi connectivity index (χ1) is 13.3. The highest BCUT2D eigenvalue weighted by Gasteiger charge is 2.46. The van der Waals surface area contributed by atoms with E-state index in [1.165, 1.54) is 11.8 Å². The molecule has 1 aromatic rings. The summed E-state index contributed by atoms with van der Waals surface area (Å²) in [4.78, 5) is 31.9. The highest BCUT2D eigenvalue weighted by atomic mass is 32.2. The zero-order chi connectivity index (χ0) is 20.6. The first-order valence-electron chi connectivity index (χ1n) is 9.00. The third kappa shape index (κ3) is 3.48. The number of amides is 1. The maximum atomic E-state index is 12.9. The maximum Gasteiger partial charge on any atom is 0.338 e. The van der Waals surface area contributed by atoms with Gasteiger partial charge in [-0.2, -0.15) is 0 Å². The number of hydrogen-bond donors (Lipinski definition) is 0. The number of hydrogen-bond acceptors (Lipinski definition) is 7.